The van der Waals surface area contributed by atoms with Crippen LogP contribution in [0.1, 0.15) is 11.8 Å². The molecule has 0 atom stereocenters. The summed E-state index contributed by atoms with van der Waals surface area (Å²) in [6.07, 6.45) is 0.967. The molecule has 0 saturated heterocycles. The molecule has 1 aromatic carbocycles. The molecule has 0 saturated carbocycles. The number of rotatable bonds is 7. The minimum atomic E-state index is -3.36. The van der Waals surface area contributed by atoms with Gasteiger partial charge in [-0.1, -0.05) is 13.0 Å². The minimum absolute atomic E-state index is 0.295. The molecule has 4 nitrogen and oxygen atoms in total. The Morgan fingerprint density at radius 3 is 2.50 bits per heavy atom. The van der Waals surface area contributed by atoms with E-state index in [-0.39, 0.29) is 0 Å². The zero-order valence-corrected chi connectivity index (χ0v) is 12.9. The molecular formula is C14H18N2O2S2. The number of nitrogens with one attached hydrogen (secondary N) is 2. The van der Waals surface area contributed by atoms with Crippen LogP contribution in [0.4, 0.5) is 5.69 Å². The van der Waals surface area contributed by atoms with Crippen LogP contribution in [0.5, 0.6) is 0 Å². The molecule has 0 unspecified atom stereocenters. The zero-order chi connectivity index (χ0) is 14.4. The highest BCUT2D eigenvalue weighted by Crippen LogP contribution is 2.14. The van der Waals surface area contributed by atoms with Crippen molar-refractivity contribution in [3.8, 4) is 0 Å². The van der Waals surface area contributed by atoms with Gasteiger partial charge >= 0.3 is 0 Å². The van der Waals surface area contributed by atoms with Crippen molar-refractivity contribution in [3.63, 3.8) is 0 Å². The highest BCUT2D eigenvalue weighted by molar-refractivity contribution is 7.89. The maximum atomic E-state index is 11.8. The molecule has 0 amide bonds. The Labute approximate surface area is 123 Å². The van der Waals surface area contributed by atoms with Gasteiger partial charge in [-0.15, -0.1) is 11.3 Å². The van der Waals surface area contributed by atoms with Crippen molar-refractivity contribution in [1.29, 1.82) is 0 Å². The standard InChI is InChI=1S/C14H18N2O2S2/c1-2-16-20(17,18)14-7-5-12(6-8-14)15-10-9-13-4-3-11-19-13/h3-8,11,15-16H,2,9-10H2,1H3. The van der Waals surface area contributed by atoms with E-state index in [0.717, 1.165) is 18.7 Å². The lowest BCUT2D eigenvalue weighted by Gasteiger charge is -2.08. The van der Waals surface area contributed by atoms with Crippen molar-refractivity contribution in [2.75, 3.05) is 18.4 Å². The molecule has 20 heavy (non-hydrogen) atoms. The predicted octanol–water partition coefficient (Wildman–Crippen LogP) is 2.70. The van der Waals surface area contributed by atoms with Crippen molar-refractivity contribution < 1.29 is 8.42 Å². The molecule has 1 heterocycles. The monoisotopic (exact) mass is 310 g/mol. The summed E-state index contributed by atoms with van der Waals surface area (Å²) in [6.45, 7) is 2.99. The van der Waals surface area contributed by atoms with Crippen molar-refractivity contribution in [1.82, 2.24) is 4.72 Å². The fraction of sp³-hybridized carbons (Fsp3) is 0.286. The van der Waals surface area contributed by atoms with Crippen LogP contribution in [0.15, 0.2) is 46.7 Å². The molecule has 0 radical (unpaired) electrons. The molecule has 2 N–H and O–H groups in total. The molecule has 0 aliphatic heterocycles. The summed E-state index contributed by atoms with van der Waals surface area (Å²) in [7, 11) is -3.36. The van der Waals surface area contributed by atoms with E-state index in [1.165, 1.54) is 4.88 Å². The maximum absolute atomic E-state index is 11.8. The summed E-state index contributed by atoms with van der Waals surface area (Å²) in [4.78, 5) is 1.63. The molecule has 0 aliphatic carbocycles. The number of hydrogen-bond acceptors (Lipinski definition) is 4. The second-order valence-corrected chi connectivity index (χ2v) is 7.08. The van der Waals surface area contributed by atoms with Gasteiger partial charge in [-0.2, -0.15) is 0 Å². The quantitative estimate of drug-likeness (QED) is 0.826. The molecule has 0 aliphatic rings. The Bertz CT molecular complexity index is 620. The summed E-state index contributed by atoms with van der Waals surface area (Å²) in [5.74, 6) is 0. The summed E-state index contributed by atoms with van der Waals surface area (Å²) < 4.78 is 26.0. The third-order valence-corrected chi connectivity index (χ3v) is 5.28. The summed E-state index contributed by atoms with van der Waals surface area (Å²) in [6, 6.07) is 11.0. The summed E-state index contributed by atoms with van der Waals surface area (Å²) in [5.41, 5.74) is 0.928. The van der Waals surface area contributed by atoms with Gasteiger partial charge in [-0.25, -0.2) is 13.1 Å². The van der Waals surface area contributed by atoms with Gasteiger partial charge in [-0.3, -0.25) is 0 Å². The lowest BCUT2D eigenvalue weighted by atomic mass is 10.3. The third kappa shape index (κ3) is 4.06. The fourth-order valence-electron chi connectivity index (χ4n) is 1.81. The van der Waals surface area contributed by atoms with E-state index in [9.17, 15) is 8.42 Å². The average Bonchev–Trinajstić information content (AvgIpc) is 2.92. The minimum Gasteiger partial charge on any atom is -0.385 e. The summed E-state index contributed by atoms with van der Waals surface area (Å²) in [5, 5.41) is 5.35. The van der Waals surface area contributed by atoms with E-state index < -0.39 is 10.0 Å². The van der Waals surface area contributed by atoms with Gasteiger partial charge in [0.15, 0.2) is 0 Å². The maximum Gasteiger partial charge on any atom is 0.240 e. The number of anilines is 1. The first-order valence-electron chi connectivity index (χ1n) is 6.48. The first-order valence-corrected chi connectivity index (χ1v) is 8.84. The lowest BCUT2D eigenvalue weighted by molar-refractivity contribution is 0.584. The number of hydrogen-bond donors (Lipinski definition) is 2. The third-order valence-electron chi connectivity index (χ3n) is 2.78. The van der Waals surface area contributed by atoms with Gasteiger partial charge in [-0.05, 0) is 42.1 Å². The van der Waals surface area contributed by atoms with Crippen LogP contribution in [-0.2, 0) is 16.4 Å². The van der Waals surface area contributed by atoms with Crippen LogP contribution < -0.4 is 10.0 Å². The van der Waals surface area contributed by atoms with Gasteiger partial charge in [0.1, 0.15) is 0 Å². The van der Waals surface area contributed by atoms with E-state index in [2.05, 4.69) is 21.5 Å². The first-order chi connectivity index (χ1) is 9.62. The van der Waals surface area contributed by atoms with Gasteiger partial charge < -0.3 is 5.32 Å². The Hall–Kier alpha value is -1.37. The molecule has 0 bridgehead atoms. The molecular weight excluding hydrogens is 292 g/mol. The molecule has 2 rings (SSSR count). The van der Waals surface area contributed by atoms with Gasteiger partial charge in [0.25, 0.3) is 0 Å². The van der Waals surface area contributed by atoms with Crippen molar-refractivity contribution >= 4 is 27.0 Å². The lowest BCUT2D eigenvalue weighted by Crippen LogP contribution is -2.23. The molecule has 1 aromatic heterocycles. The van der Waals surface area contributed by atoms with E-state index >= 15 is 0 Å². The Kier molecular flexibility index (Phi) is 5.17. The fourth-order valence-corrected chi connectivity index (χ4v) is 3.56. The van der Waals surface area contributed by atoms with E-state index in [4.69, 9.17) is 0 Å². The summed E-state index contributed by atoms with van der Waals surface area (Å²) >= 11 is 1.74. The van der Waals surface area contributed by atoms with E-state index in [1.807, 2.05) is 6.07 Å². The van der Waals surface area contributed by atoms with Crippen LogP contribution in [0, 0.1) is 0 Å². The number of benzene rings is 1. The van der Waals surface area contributed by atoms with E-state index in [1.54, 1.807) is 42.5 Å². The average molecular weight is 310 g/mol. The van der Waals surface area contributed by atoms with Gasteiger partial charge in [0, 0.05) is 23.7 Å². The predicted molar refractivity (Wildman–Crippen MR) is 83.8 cm³/mol. The van der Waals surface area contributed by atoms with Gasteiger partial charge in [0.2, 0.25) is 10.0 Å². The van der Waals surface area contributed by atoms with Crippen molar-refractivity contribution in [3.05, 3.63) is 46.7 Å². The van der Waals surface area contributed by atoms with Crippen molar-refractivity contribution in [2.24, 2.45) is 0 Å². The molecule has 0 fully saturated rings. The zero-order valence-electron chi connectivity index (χ0n) is 11.3. The molecule has 108 valence electrons. The van der Waals surface area contributed by atoms with Crippen molar-refractivity contribution in [2.45, 2.75) is 18.2 Å². The molecule has 2 aromatic rings. The highest BCUT2D eigenvalue weighted by atomic mass is 32.2. The van der Waals surface area contributed by atoms with E-state index in [0.29, 0.717) is 11.4 Å². The Morgan fingerprint density at radius 1 is 1.15 bits per heavy atom. The first kappa shape index (κ1) is 15.0. The Morgan fingerprint density at radius 2 is 1.90 bits per heavy atom. The normalized spacial score (nSPS) is 11.4. The van der Waals surface area contributed by atoms with Crippen LogP contribution >= 0.6 is 11.3 Å². The second-order valence-electron chi connectivity index (χ2n) is 4.28. The van der Waals surface area contributed by atoms with Crippen LogP contribution in [0.2, 0.25) is 0 Å². The highest BCUT2D eigenvalue weighted by Gasteiger charge is 2.11. The largest absolute Gasteiger partial charge is 0.385 e. The number of thiophene rings is 1. The second kappa shape index (κ2) is 6.88. The number of sulfonamides is 1. The van der Waals surface area contributed by atoms with Crippen LogP contribution in [-0.4, -0.2) is 21.5 Å². The topological polar surface area (TPSA) is 58.2 Å². The molecule has 6 heteroatoms. The van der Waals surface area contributed by atoms with Gasteiger partial charge in [0.05, 0.1) is 4.90 Å². The smallest absolute Gasteiger partial charge is 0.240 e. The Balaban J connectivity index is 1.91. The SMILES string of the molecule is CCNS(=O)(=O)c1ccc(NCCc2cccs2)cc1. The molecule has 0 spiro atoms. The van der Waals surface area contributed by atoms with Crippen LogP contribution in [0.25, 0.3) is 0 Å². The van der Waals surface area contributed by atoms with Crippen LogP contribution in [0.3, 0.4) is 0 Å².